The third-order valence-electron chi connectivity index (χ3n) is 7.94. The average Bonchev–Trinajstić information content (AvgIpc) is 3.61. The standard InChI is InChI=1S/C36H21N5O/c1-3-9-22(10-4-1)34-38-35(23-11-5-2-6-12-23)40-36(39-34)41-29-18-15-24-21-37-20-19-25(24)31(29)28-17-16-27-26-13-7-8-14-30(26)42-33(27)32(28)41/h1-21H. The van der Waals surface area contributed by atoms with E-state index >= 15 is 0 Å². The second-order valence-corrected chi connectivity index (χ2v) is 10.3. The summed E-state index contributed by atoms with van der Waals surface area (Å²) in [5, 5.41) is 6.48. The molecule has 0 bridgehead atoms. The lowest BCUT2D eigenvalue weighted by atomic mass is 10.0. The molecular formula is C36H21N5O. The van der Waals surface area contributed by atoms with Crippen molar-refractivity contribution in [1.82, 2.24) is 24.5 Å². The highest BCUT2D eigenvalue weighted by molar-refractivity contribution is 6.26. The number of hydrogen-bond donors (Lipinski definition) is 0. The van der Waals surface area contributed by atoms with E-state index in [0.717, 1.165) is 65.6 Å². The maximum absolute atomic E-state index is 6.59. The summed E-state index contributed by atoms with van der Waals surface area (Å²) < 4.78 is 8.73. The number of hydrogen-bond acceptors (Lipinski definition) is 5. The van der Waals surface area contributed by atoms with Crippen molar-refractivity contribution < 1.29 is 4.42 Å². The molecule has 0 saturated carbocycles. The van der Waals surface area contributed by atoms with Crippen LogP contribution >= 0.6 is 0 Å². The van der Waals surface area contributed by atoms with Crippen LogP contribution in [0.25, 0.3) is 83.2 Å². The second-order valence-electron chi connectivity index (χ2n) is 10.3. The molecule has 0 aliphatic heterocycles. The highest BCUT2D eigenvalue weighted by Gasteiger charge is 2.23. The molecule has 9 rings (SSSR count). The van der Waals surface area contributed by atoms with E-state index in [1.165, 1.54) is 0 Å². The van der Waals surface area contributed by atoms with E-state index in [-0.39, 0.29) is 0 Å². The Hall–Kier alpha value is -5.88. The van der Waals surface area contributed by atoms with Gasteiger partial charge >= 0.3 is 0 Å². The fourth-order valence-corrected chi connectivity index (χ4v) is 6.05. The van der Waals surface area contributed by atoms with E-state index in [9.17, 15) is 0 Å². The van der Waals surface area contributed by atoms with Gasteiger partial charge in [0.2, 0.25) is 5.95 Å². The first-order chi connectivity index (χ1) is 20.8. The lowest BCUT2D eigenvalue weighted by Crippen LogP contribution is -2.06. The number of para-hydroxylation sites is 1. The zero-order chi connectivity index (χ0) is 27.6. The summed E-state index contributed by atoms with van der Waals surface area (Å²) in [6.07, 6.45) is 3.75. The average molecular weight is 540 g/mol. The van der Waals surface area contributed by atoms with E-state index < -0.39 is 0 Å². The van der Waals surface area contributed by atoms with Gasteiger partial charge in [-0.3, -0.25) is 9.55 Å². The lowest BCUT2D eigenvalue weighted by Gasteiger charge is -2.11. The first-order valence-electron chi connectivity index (χ1n) is 13.8. The zero-order valence-corrected chi connectivity index (χ0v) is 22.3. The molecule has 4 aromatic heterocycles. The fraction of sp³-hybridized carbons (Fsp3) is 0. The van der Waals surface area contributed by atoms with Crippen molar-refractivity contribution in [3.8, 4) is 28.7 Å². The Morgan fingerprint density at radius 2 is 1.24 bits per heavy atom. The number of aromatic nitrogens is 5. The predicted molar refractivity (Wildman–Crippen MR) is 168 cm³/mol. The van der Waals surface area contributed by atoms with Gasteiger partial charge in [0.1, 0.15) is 11.1 Å². The molecule has 0 aliphatic carbocycles. The van der Waals surface area contributed by atoms with Gasteiger partial charge in [-0.15, -0.1) is 0 Å². The summed E-state index contributed by atoms with van der Waals surface area (Å²) >= 11 is 0. The molecule has 9 aromatic rings. The predicted octanol–water partition coefficient (Wildman–Crippen LogP) is 8.75. The molecule has 0 spiro atoms. The molecular weight excluding hydrogens is 518 g/mol. The molecule has 0 atom stereocenters. The first-order valence-corrected chi connectivity index (χ1v) is 13.8. The van der Waals surface area contributed by atoms with E-state index in [4.69, 9.17) is 19.4 Å². The van der Waals surface area contributed by atoms with Gasteiger partial charge in [-0.2, -0.15) is 9.97 Å². The summed E-state index contributed by atoms with van der Waals surface area (Å²) in [6.45, 7) is 0. The number of pyridine rings is 1. The summed E-state index contributed by atoms with van der Waals surface area (Å²) in [5.41, 5.74) is 5.40. The van der Waals surface area contributed by atoms with Gasteiger partial charge in [-0.25, -0.2) is 4.98 Å². The van der Waals surface area contributed by atoms with Gasteiger partial charge in [0.25, 0.3) is 0 Å². The van der Waals surface area contributed by atoms with Crippen molar-refractivity contribution in [3.05, 3.63) is 128 Å². The largest absolute Gasteiger partial charge is 0.454 e. The summed E-state index contributed by atoms with van der Waals surface area (Å²) in [7, 11) is 0. The fourth-order valence-electron chi connectivity index (χ4n) is 6.05. The Morgan fingerprint density at radius 1 is 0.548 bits per heavy atom. The van der Waals surface area contributed by atoms with Crippen LogP contribution in [-0.4, -0.2) is 24.5 Å². The number of fused-ring (bicyclic) bond motifs is 9. The zero-order valence-electron chi connectivity index (χ0n) is 22.3. The molecule has 0 saturated heterocycles. The minimum Gasteiger partial charge on any atom is -0.454 e. The molecule has 5 aromatic carbocycles. The van der Waals surface area contributed by atoms with Crippen LogP contribution in [0, 0.1) is 0 Å². The highest BCUT2D eigenvalue weighted by Crippen LogP contribution is 2.42. The Bertz CT molecular complexity index is 2400. The van der Waals surface area contributed by atoms with E-state index in [2.05, 4.69) is 45.9 Å². The van der Waals surface area contributed by atoms with Gasteiger partial charge in [-0.1, -0.05) is 91.0 Å². The van der Waals surface area contributed by atoms with Gasteiger partial charge in [0.15, 0.2) is 17.2 Å². The molecule has 0 fully saturated rings. The van der Waals surface area contributed by atoms with Crippen molar-refractivity contribution in [3.63, 3.8) is 0 Å². The highest BCUT2D eigenvalue weighted by atomic mass is 16.3. The molecule has 0 N–H and O–H groups in total. The van der Waals surface area contributed by atoms with Gasteiger partial charge < -0.3 is 4.42 Å². The number of rotatable bonds is 3. The monoisotopic (exact) mass is 539 g/mol. The molecule has 6 heteroatoms. The molecule has 0 radical (unpaired) electrons. The van der Waals surface area contributed by atoms with Crippen LogP contribution in [0.5, 0.6) is 0 Å². The van der Waals surface area contributed by atoms with Crippen LogP contribution in [0.15, 0.2) is 132 Å². The summed E-state index contributed by atoms with van der Waals surface area (Å²) in [5.74, 6) is 1.75. The van der Waals surface area contributed by atoms with Crippen LogP contribution in [0.3, 0.4) is 0 Å². The SMILES string of the molecule is c1ccc(-c2nc(-c3ccccc3)nc(-n3c4ccc5cnccc5c4c4ccc5c6ccccc6oc5c43)n2)cc1. The van der Waals surface area contributed by atoms with Crippen molar-refractivity contribution in [2.24, 2.45) is 0 Å². The molecule has 0 unspecified atom stereocenters. The van der Waals surface area contributed by atoms with Crippen LogP contribution < -0.4 is 0 Å². The number of nitrogens with zero attached hydrogens (tertiary/aromatic N) is 5. The molecule has 42 heavy (non-hydrogen) atoms. The van der Waals surface area contributed by atoms with E-state index in [1.54, 1.807) is 0 Å². The Balaban J connectivity index is 1.48. The van der Waals surface area contributed by atoms with Crippen molar-refractivity contribution >= 4 is 54.5 Å². The number of furan rings is 1. The van der Waals surface area contributed by atoms with Gasteiger partial charge in [0, 0.05) is 50.5 Å². The third-order valence-corrected chi connectivity index (χ3v) is 7.94. The normalized spacial score (nSPS) is 11.8. The second kappa shape index (κ2) is 8.81. The molecule has 4 heterocycles. The first kappa shape index (κ1) is 22.9. The topological polar surface area (TPSA) is 69.6 Å². The minimum absolute atomic E-state index is 0.532. The third kappa shape index (κ3) is 3.32. The maximum Gasteiger partial charge on any atom is 0.238 e. The van der Waals surface area contributed by atoms with Crippen molar-refractivity contribution in [2.45, 2.75) is 0 Å². The van der Waals surface area contributed by atoms with Crippen LogP contribution in [-0.2, 0) is 0 Å². The van der Waals surface area contributed by atoms with E-state index in [1.807, 2.05) is 91.3 Å². The van der Waals surface area contributed by atoms with E-state index in [0.29, 0.717) is 17.6 Å². The van der Waals surface area contributed by atoms with Crippen LogP contribution in [0.1, 0.15) is 0 Å². The Labute approximate surface area is 239 Å². The smallest absolute Gasteiger partial charge is 0.238 e. The maximum atomic E-state index is 6.59. The van der Waals surface area contributed by atoms with Gasteiger partial charge in [0.05, 0.1) is 5.52 Å². The quantitative estimate of drug-likeness (QED) is 0.224. The molecule has 0 amide bonds. The molecule has 6 nitrogen and oxygen atoms in total. The summed E-state index contributed by atoms with van der Waals surface area (Å²) in [4.78, 5) is 19.5. The van der Waals surface area contributed by atoms with Gasteiger partial charge in [-0.05, 0) is 29.7 Å². The molecule has 0 aliphatic rings. The Kier molecular flexibility index (Phi) is 4.80. The summed E-state index contributed by atoms with van der Waals surface area (Å²) in [6, 6.07) is 38.9. The molecule has 196 valence electrons. The van der Waals surface area contributed by atoms with Crippen molar-refractivity contribution in [2.75, 3.05) is 0 Å². The van der Waals surface area contributed by atoms with Crippen LogP contribution in [0.2, 0.25) is 0 Å². The van der Waals surface area contributed by atoms with Crippen LogP contribution in [0.4, 0.5) is 0 Å². The number of benzene rings is 5. The van der Waals surface area contributed by atoms with Crippen molar-refractivity contribution in [1.29, 1.82) is 0 Å². The minimum atomic E-state index is 0.532. The lowest BCUT2D eigenvalue weighted by molar-refractivity contribution is 0.670. The Morgan fingerprint density at radius 3 is 2.00 bits per heavy atom.